The summed E-state index contributed by atoms with van der Waals surface area (Å²) >= 11 is 0. The summed E-state index contributed by atoms with van der Waals surface area (Å²) in [6.45, 7) is 6.48. The zero-order valence-corrected chi connectivity index (χ0v) is 26.5. The van der Waals surface area contributed by atoms with Crippen LogP contribution >= 0.6 is 0 Å². The van der Waals surface area contributed by atoms with E-state index in [-0.39, 0.29) is 23.3 Å². The zero-order valence-electron chi connectivity index (χ0n) is 26.5. The summed E-state index contributed by atoms with van der Waals surface area (Å²) in [6.07, 6.45) is 16.8. The van der Waals surface area contributed by atoms with Gasteiger partial charge >= 0.3 is 0 Å². The maximum absolute atomic E-state index is 14.7. The van der Waals surface area contributed by atoms with E-state index >= 15 is 0 Å². The second kappa shape index (κ2) is 16.7. The van der Waals surface area contributed by atoms with Crippen LogP contribution < -0.4 is 9.47 Å². The number of benzene rings is 2. The van der Waals surface area contributed by atoms with Crippen LogP contribution in [0.25, 0.3) is 0 Å². The molecular weight excluding hydrogens is 552 g/mol. The summed E-state index contributed by atoms with van der Waals surface area (Å²) < 4.78 is 68.5. The molecule has 2 aliphatic rings. The Morgan fingerprint density at radius 3 is 1.33 bits per heavy atom. The first-order chi connectivity index (χ1) is 20.9. The van der Waals surface area contributed by atoms with Crippen molar-refractivity contribution < 1.29 is 27.0 Å². The van der Waals surface area contributed by atoms with Gasteiger partial charge in [-0.2, -0.15) is 8.78 Å². The van der Waals surface area contributed by atoms with Crippen molar-refractivity contribution in [3.63, 3.8) is 0 Å². The van der Waals surface area contributed by atoms with Crippen LogP contribution in [-0.2, 0) is 0 Å². The van der Waals surface area contributed by atoms with E-state index in [2.05, 4.69) is 6.92 Å². The van der Waals surface area contributed by atoms with E-state index in [1.165, 1.54) is 44.9 Å². The third-order valence-corrected chi connectivity index (χ3v) is 10.4. The molecule has 0 aliphatic heterocycles. The highest BCUT2D eigenvalue weighted by Crippen LogP contribution is 2.42. The van der Waals surface area contributed by atoms with Crippen molar-refractivity contribution in [2.45, 2.75) is 129 Å². The monoisotopic (exact) mass is 604 g/mol. The van der Waals surface area contributed by atoms with Crippen molar-refractivity contribution in [2.75, 3.05) is 13.2 Å². The molecule has 0 saturated heterocycles. The van der Waals surface area contributed by atoms with Crippen LogP contribution in [0.15, 0.2) is 24.3 Å². The summed E-state index contributed by atoms with van der Waals surface area (Å²) in [5, 5.41) is 0. The number of ether oxygens (including phenoxy) is 2. The second-order valence-electron chi connectivity index (χ2n) is 13.0. The Balaban J connectivity index is 1.11. The lowest BCUT2D eigenvalue weighted by Crippen LogP contribution is -2.16. The average molecular weight is 605 g/mol. The average Bonchev–Trinajstić information content (AvgIpc) is 3.02. The normalized spacial score (nSPS) is 23.2. The van der Waals surface area contributed by atoms with Gasteiger partial charge in [-0.15, -0.1) is 0 Å². The molecule has 0 atom stereocenters. The molecule has 2 nitrogen and oxygen atoms in total. The molecule has 2 aromatic carbocycles. The van der Waals surface area contributed by atoms with Crippen LogP contribution in [0.3, 0.4) is 0 Å². The van der Waals surface area contributed by atoms with Crippen LogP contribution in [-0.4, -0.2) is 13.2 Å². The highest BCUT2D eigenvalue weighted by Gasteiger charge is 2.28. The van der Waals surface area contributed by atoms with Crippen molar-refractivity contribution in [1.29, 1.82) is 0 Å². The molecule has 0 bridgehead atoms. The Kier molecular flexibility index (Phi) is 13.1. The Bertz CT molecular complexity index is 1050. The third kappa shape index (κ3) is 8.91. The topological polar surface area (TPSA) is 18.5 Å². The molecule has 2 fully saturated rings. The Labute approximate surface area is 256 Å². The molecule has 2 aliphatic carbocycles. The van der Waals surface area contributed by atoms with Gasteiger partial charge in [0.25, 0.3) is 0 Å². The van der Waals surface area contributed by atoms with E-state index in [0.717, 1.165) is 57.3 Å². The van der Waals surface area contributed by atoms with Gasteiger partial charge in [0.1, 0.15) is 0 Å². The lowest BCUT2D eigenvalue weighted by atomic mass is 9.76. The fourth-order valence-electron chi connectivity index (χ4n) is 7.73. The first-order valence-corrected chi connectivity index (χ1v) is 17.1. The van der Waals surface area contributed by atoms with Gasteiger partial charge in [-0.05, 0) is 118 Å². The molecular formula is C37H52F4O2. The van der Waals surface area contributed by atoms with Crippen molar-refractivity contribution in [3.8, 4) is 11.5 Å². The summed E-state index contributed by atoms with van der Waals surface area (Å²) in [4.78, 5) is 0. The van der Waals surface area contributed by atoms with E-state index < -0.39 is 23.3 Å². The number of hydrogen-bond donors (Lipinski definition) is 0. The van der Waals surface area contributed by atoms with Gasteiger partial charge in [0.2, 0.25) is 11.6 Å². The van der Waals surface area contributed by atoms with Crippen LogP contribution in [0.2, 0.25) is 0 Å². The first-order valence-electron chi connectivity index (χ1n) is 17.1. The van der Waals surface area contributed by atoms with Crippen LogP contribution in [0.4, 0.5) is 17.6 Å². The highest BCUT2D eigenvalue weighted by molar-refractivity contribution is 5.34. The molecule has 2 aromatic rings. The molecule has 0 heterocycles. The van der Waals surface area contributed by atoms with Gasteiger partial charge in [-0.1, -0.05) is 64.0 Å². The largest absolute Gasteiger partial charge is 0.491 e. The Morgan fingerprint density at radius 2 is 0.977 bits per heavy atom. The fourth-order valence-corrected chi connectivity index (χ4v) is 7.73. The summed E-state index contributed by atoms with van der Waals surface area (Å²) in [5.74, 6) is -0.824. The van der Waals surface area contributed by atoms with Gasteiger partial charge in [0.05, 0.1) is 13.2 Å². The smallest absolute Gasteiger partial charge is 0.200 e. The number of halogens is 4. The van der Waals surface area contributed by atoms with Gasteiger partial charge in [-0.3, -0.25) is 0 Å². The quantitative estimate of drug-likeness (QED) is 0.188. The molecule has 0 unspecified atom stereocenters. The molecule has 0 aromatic heterocycles. The SMILES string of the molecule is CCOc1ccc(C2CCC(CCCC(CC)CCCC3CCC(c4ccc(OCC)c(F)c4F)CC3)CC2)c(F)c1F. The summed E-state index contributed by atoms with van der Waals surface area (Å²) in [5.41, 5.74) is 1.02. The fraction of sp³-hybridized carbons (Fsp3) is 0.676. The summed E-state index contributed by atoms with van der Waals surface area (Å²) in [7, 11) is 0. The highest BCUT2D eigenvalue weighted by atomic mass is 19.2. The van der Waals surface area contributed by atoms with Crippen LogP contribution in [0.1, 0.15) is 140 Å². The predicted molar refractivity (Wildman–Crippen MR) is 166 cm³/mol. The maximum Gasteiger partial charge on any atom is 0.200 e. The number of rotatable bonds is 15. The Hall–Kier alpha value is -2.24. The molecule has 0 amide bonds. The second-order valence-corrected chi connectivity index (χ2v) is 13.0. The first kappa shape index (κ1) is 33.6. The summed E-state index contributed by atoms with van der Waals surface area (Å²) in [6, 6.07) is 6.58. The van der Waals surface area contributed by atoms with E-state index in [1.54, 1.807) is 38.1 Å². The van der Waals surface area contributed by atoms with Crippen LogP contribution in [0, 0.1) is 41.0 Å². The van der Waals surface area contributed by atoms with Crippen molar-refractivity contribution in [2.24, 2.45) is 17.8 Å². The minimum absolute atomic E-state index is 0.00449. The number of hydrogen-bond acceptors (Lipinski definition) is 2. The zero-order chi connectivity index (χ0) is 30.8. The van der Waals surface area contributed by atoms with Gasteiger partial charge < -0.3 is 9.47 Å². The Morgan fingerprint density at radius 1 is 0.581 bits per heavy atom. The minimum Gasteiger partial charge on any atom is -0.491 e. The molecule has 6 heteroatoms. The lowest BCUT2D eigenvalue weighted by molar-refractivity contribution is 0.273. The van der Waals surface area contributed by atoms with Crippen molar-refractivity contribution >= 4 is 0 Å². The van der Waals surface area contributed by atoms with Crippen molar-refractivity contribution in [1.82, 2.24) is 0 Å². The molecule has 43 heavy (non-hydrogen) atoms. The van der Waals surface area contributed by atoms with Crippen molar-refractivity contribution in [3.05, 3.63) is 58.7 Å². The standard InChI is InChI=1S/C37H52F4O2/c1-4-25(9-7-11-26-13-17-28(18-14-26)30-21-23-32(42-5-2)36(40)34(30)38)10-8-12-27-15-19-29(20-16-27)31-22-24-33(43-6-3)37(41)35(31)39/h21-29H,4-20H2,1-3H3. The molecule has 240 valence electrons. The van der Waals surface area contributed by atoms with E-state index in [1.807, 2.05) is 0 Å². The predicted octanol–water partition coefficient (Wildman–Crippen LogP) is 11.7. The molecule has 0 N–H and O–H groups in total. The van der Waals surface area contributed by atoms with Gasteiger partial charge in [-0.25, -0.2) is 8.78 Å². The molecule has 2 saturated carbocycles. The lowest BCUT2D eigenvalue weighted by Gasteiger charge is -2.30. The van der Waals surface area contributed by atoms with E-state index in [0.29, 0.717) is 36.2 Å². The molecule has 4 rings (SSSR count). The van der Waals surface area contributed by atoms with Gasteiger partial charge in [0, 0.05) is 0 Å². The maximum atomic E-state index is 14.7. The molecule has 0 spiro atoms. The third-order valence-electron chi connectivity index (χ3n) is 10.4. The van der Waals surface area contributed by atoms with Gasteiger partial charge in [0.15, 0.2) is 23.1 Å². The van der Waals surface area contributed by atoms with Crippen LogP contribution in [0.5, 0.6) is 11.5 Å². The van der Waals surface area contributed by atoms with E-state index in [9.17, 15) is 17.6 Å². The minimum atomic E-state index is -0.851. The molecule has 0 radical (unpaired) electrons. The van der Waals surface area contributed by atoms with E-state index in [4.69, 9.17) is 9.47 Å².